The molecule has 1 fully saturated rings. The standard InChI is InChI=1S/C18H27N3O/c1-4-9-18(3)10-6-12-21(14-18)16-8-7-15(13-20-16)17(22)19-11-5-2/h5,7-8,13H,2,4,6,9-12,14H2,1,3H3,(H,19,22). The van der Waals surface area contributed by atoms with E-state index in [0.717, 1.165) is 18.9 Å². The van der Waals surface area contributed by atoms with Gasteiger partial charge in [-0.25, -0.2) is 4.98 Å². The lowest BCUT2D eigenvalue weighted by atomic mass is 9.78. The molecule has 1 saturated heterocycles. The van der Waals surface area contributed by atoms with Crippen LogP contribution in [0, 0.1) is 5.41 Å². The van der Waals surface area contributed by atoms with Crippen LogP contribution in [0.25, 0.3) is 0 Å². The molecule has 1 aromatic rings. The number of carbonyl (C=O) groups excluding carboxylic acids is 1. The van der Waals surface area contributed by atoms with Crippen LogP contribution in [-0.2, 0) is 0 Å². The van der Waals surface area contributed by atoms with Crippen LogP contribution in [0.5, 0.6) is 0 Å². The van der Waals surface area contributed by atoms with Gasteiger partial charge in [0.2, 0.25) is 0 Å². The highest BCUT2D eigenvalue weighted by Crippen LogP contribution is 2.35. The van der Waals surface area contributed by atoms with Crippen molar-refractivity contribution in [2.75, 3.05) is 24.5 Å². The van der Waals surface area contributed by atoms with Crippen LogP contribution in [0.4, 0.5) is 5.82 Å². The summed E-state index contributed by atoms with van der Waals surface area (Å²) in [5, 5.41) is 2.77. The number of anilines is 1. The van der Waals surface area contributed by atoms with E-state index in [0.29, 0.717) is 17.5 Å². The van der Waals surface area contributed by atoms with Crippen molar-refractivity contribution in [1.29, 1.82) is 0 Å². The molecule has 0 spiro atoms. The van der Waals surface area contributed by atoms with Crippen LogP contribution < -0.4 is 10.2 Å². The zero-order chi connectivity index (χ0) is 16.0. The zero-order valence-electron chi connectivity index (χ0n) is 13.8. The predicted molar refractivity (Wildman–Crippen MR) is 91.2 cm³/mol. The maximum atomic E-state index is 11.9. The van der Waals surface area contributed by atoms with Crippen molar-refractivity contribution < 1.29 is 4.79 Å². The van der Waals surface area contributed by atoms with Crippen molar-refractivity contribution >= 4 is 11.7 Å². The van der Waals surface area contributed by atoms with Gasteiger partial charge in [0.05, 0.1) is 5.56 Å². The molecular formula is C18H27N3O. The van der Waals surface area contributed by atoms with Gasteiger partial charge in [-0.2, -0.15) is 0 Å². The summed E-state index contributed by atoms with van der Waals surface area (Å²) in [6.07, 6.45) is 8.31. The molecule has 1 unspecified atom stereocenters. The number of piperidine rings is 1. The van der Waals surface area contributed by atoms with Crippen molar-refractivity contribution in [1.82, 2.24) is 10.3 Å². The van der Waals surface area contributed by atoms with Gasteiger partial charge in [0, 0.05) is 25.8 Å². The lowest BCUT2D eigenvalue weighted by Crippen LogP contribution is -2.42. The molecule has 2 heterocycles. The first-order valence-corrected chi connectivity index (χ1v) is 8.18. The van der Waals surface area contributed by atoms with Gasteiger partial charge in [0.1, 0.15) is 5.82 Å². The molecular weight excluding hydrogens is 274 g/mol. The van der Waals surface area contributed by atoms with E-state index >= 15 is 0 Å². The zero-order valence-corrected chi connectivity index (χ0v) is 13.8. The van der Waals surface area contributed by atoms with Crippen LogP contribution in [0.1, 0.15) is 49.9 Å². The van der Waals surface area contributed by atoms with Crippen LogP contribution in [-0.4, -0.2) is 30.5 Å². The summed E-state index contributed by atoms with van der Waals surface area (Å²) in [4.78, 5) is 18.7. The Bertz CT molecular complexity index is 508. The molecule has 1 amide bonds. The van der Waals surface area contributed by atoms with Crippen molar-refractivity contribution in [3.05, 3.63) is 36.5 Å². The van der Waals surface area contributed by atoms with E-state index in [1.54, 1.807) is 12.3 Å². The molecule has 0 aromatic carbocycles. The van der Waals surface area contributed by atoms with Crippen LogP contribution in [0.3, 0.4) is 0 Å². The fourth-order valence-electron chi connectivity index (χ4n) is 3.29. The first-order valence-electron chi connectivity index (χ1n) is 8.18. The first-order chi connectivity index (χ1) is 10.6. The molecule has 4 nitrogen and oxygen atoms in total. The second kappa shape index (κ2) is 7.43. The van der Waals surface area contributed by atoms with Gasteiger partial charge in [0.15, 0.2) is 0 Å². The molecule has 0 bridgehead atoms. The molecule has 2 rings (SSSR count). The average Bonchev–Trinajstić information content (AvgIpc) is 2.52. The Labute approximate surface area is 133 Å². The Morgan fingerprint density at radius 1 is 1.55 bits per heavy atom. The largest absolute Gasteiger partial charge is 0.356 e. The highest BCUT2D eigenvalue weighted by atomic mass is 16.1. The molecule has 22 heavy (non-hydrogen) atoms. The summed E-state index contributed by atoms with van der Waals surface area (Å²) < 4.78 is 0. The fourth-order valence-corrected chi connectivity index (χ4v) is 3.29. The summed E-state index contributed by atoms with van der Waals surface area (Å²) in [7, 11) is 0. The minimum atomic E-state index is -0.103. The Balaban J connectivity index is 2.03. The maximum Gasteiger partial charge on any atom is 0.253 e. The second-order valence-electron chi connectivity index (χ2n) is 6.49. The summed E-state index contributed by atoms with van der Waals surface area (Å²) in [6.45, 7) is 10.8. The third kappa shape index (κ3) is 4.09. The van der Waals surface area contributed by atoms with Crippen LogP contribution >= 0.6 is 0 Å². The summed E-state index contributed by atoms with van der Waals surface area (Å²) in [6, 6.07) is 3.81. The SMILES string of the molecule is C=CCNC(=O)c1ccc(N2CCCC(C)(CCC)C2)nc1. The second-order valence-corrected chi connectivity index (χ2v) is 6.49. The highest BCUT2D eigenvalue weighted by Gasteiger charge is 2.30. The van der Waals surface area contributed by atoms with Gasteiger partial charge in [-0.3, -0.25) is 4.79 Å². The van der Waals surface area contributed by atoms with E-state index < -0.39 is 0 Å². The van der Waals surface area contributed by atoms with Crippen molar-refractivity contribution in [3.8, 4) is 0 Å². The third-order valence-corrected chi connectivity index (χ3v) is 4.38. The molecule has 0 radical (unpaired) electrons. The molecule has 0 saturated carbocycles. The Morgan fingerprint density at radius 3 is 3.00 bits per heavy atom. The Hall–Kier alpha value is -1.84. The van der Waals surface area contributed by atoms with Crippen molar-refractivity contribution in [3.63, 3.8) is 0 Å². The van der Waals surface area contributed by atoms with E-state index in [4.69, 9.17) is 0 Å². The van der Waals surface area contributed by atoms with Gasteiger partial charge in [-0.1, -0.05) is 26.3 Å². The van der Waals surface area contributed by atoms with Crippen LogP contribution in [0.2, 0.25) is 0 Å². The highest BCUT2D eigenvalue weighted by molar-refractivity contribution is 5.94. The Morgan fingerprint density at radius 2 is 2.36 bits per heavy atom. The Kier molecular flexibility index (Phi) is 5.58. The molecule has 1 N–H and O–H groups in total. The quantitative estimate of drug-likeness (QED) is 0.819. The van der Waals surface area contributed by atoms with E-state index in [9.17, 15) is 4.79 Å². The van der Waals surface area contributed by atoms with Gasteiger partial charge in [-0.15, -0.1) is 6.58 Å². The topological polar surface area (TPSA) is 45.2 Å². The first kappa shape index (κ1) is 16.5. The molecule has 1 aliphatic heterocycles. The smallest absolute Gasteiger partial charge is 0.253 e. The number of nitrogens with one attached hydrogen (secondary N) is 1. The molecule has 0 aliphatic carbocycles. The number of nitrogens with zero attached hydrogens (tertiary/aromatic N) is 2. The van der Waals surface area contributed by atoms with Gasteiger partial charge in [0.25, 0.3) is 5.91 Å². The van der Waals surface area contributed by atoms with E-state index in [1.807, 2.05) is 12.1 Å². The lowest BCUT2D eigenvalue weighted by Gasteiger charge is -2.41. The maximum absolute atomic E-state index is 11.9. The summed E-state index contributed by atoms with van der Waals surface area (Å²) in [5.41, 5.74) is 0.980. The molecule has 120 valence electrons. The number of carbonyl (C=O) groups is 1. The van der Waals surface area contributed by atoms with Gasteiger partial charge in [-0.05, 0) is 36.8 Å². The number of amides is 1. The minimum absolute atomic E-state index is 0.103. The third-order valence-electron chi connectivity index (χ3n) is 4.38. The summed E-state index contributed by atoms with van der Waals surface area (Å²) in [5.74, 6) is 0.871. The van der Waals surface area contributed by atoms with E-state index in [-0.39, 0.29) is 5.91 Å². The average molecular weight is 301 g/mol. The predicted octanol–water partition coefficient (Wildman–Crippen LogP) is 3.40. The summed E-state index contributed by atoms with van der Waals surface area (Å²) >= 11 is 0. The number of pyridine rings is 1. The van der Waals surface area contributed by atoms with Gasteiger partial charge >= 0.3 is 0 Å². The van der Waals surface area contributed by atoms with Crippen LogP contribution in [0.15, 0.2) is 31.0 Å². The van der Waals surface area contributed by atoms with E-state index in [2.05, 4.69) is 35.6 Å². The van der Waals surface area contributed by atoms with Crippen molar-refractivity contribution in [2.24, 2.45) is 5.41 Å². The van der Waals surface area contributed by atoms with Gasteiger partial charge < -0.3 is 10.2 Å². The molecule has 1 aliphatic rings. The van der Waals surface area contributed by atoms with E-state index in [1.165, 1.54) is 25.7 Å². The number of hydrogen-bond donors (Lipinski definition) is 1. The number of aromatic nitrogens is 1. The van der Waals surface area contributed by atoms with Crippen molar-refractivity contribution in [2.45, 2.75) is 39.5 Å². The fraction of sp³-hybridized carbons (Fsp3) is 0.556. The molecule has 1 aromatic heterocycles. The molecule has 1 atom stereocenters. The monoisotopic (exact) mass is 301 g/mol. The minimum Gasteiger partial charge on any atom is -0.356 e. The number of rotatable bonds is 6. The lowest BCUT2D eigenvalue weighted by molar-refractivity contribution is 0.0957. The normalized spacial score (nSPS) is 21.5. The number of hydrogen-bond acceptors (Lipinski definition) is 3. The molecule has 4 heteroatoms.